The fourth-order valence-corrected chi connectivity index (χ4v) is 4.82. The van der Waals surface area contributed by atoms with E-state index in [0.29, 0.717) is 43.7 Å². The first-order chi connectivity index (χ1) is 21.3. The number of nitrogens with zero attached hydrogens (tertiary/aromatic N) is 5. The van der Waals surface area contributed by atoms with Crippen LogP contribution in [-0.2, 0) is 24.0 Å². The molecule has 0 saturated carbocycles. The van der Waals surface area contributed by atoms with Crippen LogP contribution >= 0.6 is 0 Å². The Hall–Kier alpha value is -4.33. The highest BCUT2D eigenvalue weighted by atomic mass is 16.2. The first kappa shape index (κ1) is 34.2. The van der Waals surface area contributed by atoms with Gasteiger partial charge in [-0.1, -0.05) is 36.4 Å². The van der Waals surface area contributed by atoms with Gasteiger partial charge in [0.1, 0.15) is 26.2 Å². The minimum Gasteiger partial charge on any atom is -0.332 e. The van der Waals surface area contributed by atoms with Gasteiger partial charge in [0.05, 0.1) is 6.54 Å². The van der Waals surface area contributed by atoms with Gasteiger partial charge < -0.3 is 41.7 Å². The first-order valence-corrected chi connectivity index (χ1v) is 14.9. The number of para-hydroxylation sites is 2. The molecular formula is C31H44N8O5. The number of carbonyl (C=O) groups excluding carboxylic acids is 5. The van der Waals surface area contributed by atoms with Gasteiger partial charge in [-0.2, -0.15) is 0 Å². The van der Waals surface area contributed by atoms with E-state index < -0.39 is 29.5 Å². The van der Waals surface area contributed by atoms with E-state index in [0.717, 1.165) is 0 Å². The lowest BCUT2D eigenvalue weighted by molar-refractivity contribution is -0.141. The van der Waals surface area contributed by atoms with Crippen molar-refractivity contribution in [3.05, 3.63) is 60.7 Å². The molecule has 0 bridgehead atoms. The van der Waals surface area contributed by atoms with Crippen molar-refractivity contribution in [2.24, 2.45) is 17.2 Å². The fraction of sp³-hybridized carbons (Fsp3) is 0.452. The largest absolute Gasteiger partial charge is 0.332 e. The van der Waals surface area contributed by atoms with Crippen molar-refractivity contribution in [1.82, 2.24) is 14.7 Å². The predicted octanol–water partition coefficient (Wildman–Crippen LogP) is -0.401. The van der Waals surface area contributed by atoms with Crippen LogP contribution in [0.2, 0.25) is 0 Å². The number of hydrogen-bond acceptors (Lipinski definition) is 8. The number of nitrogens with two attached hydrogens (primary N) is 3. The van der Waals surface area contributed by atoms with Crippen molar-refractivity contribution in [2.45, 2.75) is 19.3 Å². The van der Waals surface area contributed by atoms with Crippen LogP contribution in [0.5, 0.6) is 0 Å². The van der Waals surface area contributed by atoms with Crippen molar-refractivity contribution in [1.29, 1.82) is 0 Å². The highest BCUT2D eigenvalue weighted by Crippen LogP contribution is 2.18. The Morgan fingerprint density at radius 2 is 0.727 bits per heavy atom. The van der Waals surface area contributed by atoms with E-state index >= 15 is 0 Å². The molecule has 13 heteroatoms. The van der Waals surface area contributed by atoms with Crippen LogP contribution in [-0.4, -0.2) is 116 Å². The minimum atomic E-state index is -0.489. The van der Waals surface area contributed by atoms with Crippen LogP contribution in [0, 0.1) is 0 Å². The topological polar surface area (TPSA) is 180 Å². The number of benzene rings is 2. The molecule has 2 aromatic carbocycles. The van der Waals surface area contributed by atoms with E-state index in [1.54, 1.807) is 60.7 Å². The average Bonchev–Trinajstić information content (AvgIpc) is 3.04. The summed E-state index contributed by atoms with van der Waals surface area (Å²) >= 11 is 0. The molecule has 3 rings (SSSR count). The molecular weight excluding hydrogens is 564 g/mol. The second kappa shape index (κ2) is 17.7. The van der Waals surface area contributed by atoms with Gasteiger partial charge in [0, 0.05) is 31.0 Å². The number of amides is 5. The van der Waals surface area contributed by atoms with Gasteiger partial charge in [0.25, 0.3) is 0 Å². The number of hydrogen-bond donors (Lipinski definition) is 3. The summed E-state index contributed by atoms with van der Waals surface area (Å²) in [4.78, 5) is 75.5. The second-order valence-corrected chi connectivity index (χ2v) is 10.5. The molecule has 13 nitrogen and oxygen atoms in total. The Labute approximate surface area is 258 Å². The summed E-state index contributed by atoms with van der Waals surface area (Å²) in [6.45, 7) is -0.240. The van der Waals surface area contributed by atoms with Gasteiger partial charge >= 0.3 is 0 Å². The fourth-order valence-electron chi connectivity index (χ4n) is 4.82. The van der Waals surface area contributed by atoms with E-state index in [2.05, 4.69) is 0 Å². The van der Waals surface area contributed by atoms with Crippen molar-refractivity contribution in [2.75, 3.05) is 81.8 Å². The lowest BCUT2D eigenvalue weighted by Gasteiger charge is -2.30. The standard InChI is InChI=1S/C31H44N8O5/c32-14-7-17-35-20-27(40)36(18-8-15-33)21-30(43)39(26-12-5-2-6-13-26)24-29(42)37(19-9-16-34)22-31(44)38(23-28(35)41)25-10-3-1-4-11-25/h1-6,10-13H,7-9,14-24,32-34H2. The normalized spacial score (nSPS) is 16.4. The van der Waals surface area contributed by atoms with Crippen molar-refractivity contribution < 1.29 is 24.0 Å². The number of carbonyl (C=O) groups is 5. The molecule has 6 N–H and O–H groups in total. The molecule has 0 spiro atoms. The summed E-state index contributed by atoms with van der Waals surface area (Å²) in [7, 11) is 0. The zero-order chi connectivity index (χ0) is 31.9. The SMILES string of the molecule is NCCCN1CC(=O)N(CCCN)CC(=O)N(c2ccccc2)CC(=O)N(CCCN)CC(=O)N(c2ccccc2)CC1=O. The van der Waals surface area contributed by atoms with Gasteiger partial charge in [0.2, 0.25) is 29.5 Å². The molecule has 1 saturated heterocycles. The Morgan fingerprint density at radius 3 is 1.05 bits per heavy atom. The van der Waals surface area contributed by atoms with Crippen LogP contribution in [0.4, 0.5) is 11.4 Å². The molecule has 0 atom stereocenters. The Morgan fingerprint density at radius 1 is 0.432 bits per heavy atom. The van der Waals surface area contributed by atoms with Crippen LogP contribution in [0.1, 0.15) is 19.3 Å². The lowest BCUT2D eigenvalue weighted by Crippen LogP contribution is -2.50. The lowest BCUT2D eigenvalue weighted by atomic mass is 10.2. The van der Waals surface area contributed by atoms with Crippen molar-refractivity contribution in [3.8, 4) is 0 Å². The highest BCUT2D eigenvalue weighted by Gasteiger charge is 2.31. The Bertz CT molecular complexity index is 1200. The summed E-state index contributed by atoms with van der Waals surface area (Å²) in [6.07, 6.45) is 1.29. The zero-order valence-electron chi connectivity index (χ0n) is 25.2. The Kier molecular flexibility index (Phi) is 13.7. The minimum absolute atomic E-state index is 0.179. The van der Waals surface area contributed by atoms with E-state index in [1.807, 2.05) is 0 Å². The van der Waals surface area contributed by atoms with Crippen LogP contribution < -0.4 is 27.0 Å². The molecule has 1 fully saturated rings. The summed E-state index contributed by atoms with van der Waals surface area (Å²) in [5, 5.41) is 0. The maximum absolute atomic E-state index is 13.8. The third kappa shape index (κ3) is 9.86. The quantitative estimate of drug-likeness (QED) is 0.308. The van der Waals surface area contributed by atoms with E-state index in [4.69, 9.17) is 17.2 Å². The maximum Gasteiger partial charge on any atom is 0.247 e. The van der Waals surface area contributed by atoms with E-state index in [1.165, 1.54) is 24.5 Å². The maximum atomic E-state index is 13.8. The van der Waals surface area contributed by atoms with Crippen molar-refractivity contribution in [3.63, 3.8) is 0 Å². The summed E-state index contributed by atoms with van der Waals surface area (Å²) in [5.74, 6) is -2.36. The van der Waals surface area contributed by atoms with Gasteiger partial charge in [-0.3, -0.25) is 24.0 Å². The van der Waals surface area contributed by atoms with Crippen LogP contribution in [0.3, 0.4) is 0 Å². The third-order valence-corrected chi connectivity index (χ3v) is 7.26. The van der Waals surface area contributed by atoms with Crippen LogP contribution in [0.25, 0.3) is 0 Å². The van der Waals surface area contributed by atoms with Gasteiger partial charge in [0.15, 0.2) is 0 Å². The molecule has 0 unspecified atom stereocenters. The number of anilines is 2. The first-order valence-electron chi connectivity index (χ1n) is 14.9. The van der Waals surface area contributed by atoms with Gasteiger partial charge in [-0.05, 0) is 63.2 Å². The summed E-state index contributed by atoms with van der Waals surface area (Å²) in [6, 6.07) is 17.4. The van der Waals surface area contributed by atoms with Crippen molar-refractivity contribution >= 4 is 40.9 Å². The zero-order valence-corrected chi connectivity index (χ0v) is 25.2. The molecule has 1 heterocycles. The molecule has 1 aliphatic rings. The smallest absolute Gasteiger partial charge is 0.247 e. The molecule has 1 aliphatic heterocycles. The second-order valence-electron chi connectivity index (χ2n) is 10.5. The highest BCUT2D eigenvalue weighted by molar-refractivity contribution is 6.04. The Balaban J connectivity index is 2.09. The van der Waals surface area contributed by atoms with Crippen LogP contribution in [0.15, 0.2) is 60.7 Å². The van der Waals surface area contributed by atoms with Gasteiger partial charge in [-0.15, -0.1) is 0 Å². The number of rotatable bonds is 11. The predicted molar refractivity (Wildman–Crippen MR) is 168 cm³/mol. The third-order valence-electron chi connectivity index (χ3n) is 7.26. The molecule has 238 valence electrons. The molecule has 0 aromatic heterocycles. The van der Waals surface area contributed by atoms with E-state index in [9.17, 15) is 24.0 Å². The summed E-state index contributed by atoms with van der Waals surface area (Å²) < 4.78 is 0. The molecule has 5 amide bonds. The van der Waals surface area contributed by atoms with E-state index in [-0.39, 0.29) is 58.9 Å². The molecule has 0 aliphatic carbocycles. The van der Waals surface area contributed by atoms with Gasteiger partial charge in [-0.25, -0.2) is 0 Å². The summed E-state index contributed by atoms with van der Waals surface area (Å²) in [5.41, 5.74) is 18.2. The molecule has 0 radical (unpaired) electrons. The monoisotopic (exact) mass is 608 g/mol. The molecule has 44 heavy (non-hydrogen) atoms. The molecule has 2 aromatic rings. The average molecular weight is 609 g/mol.